The monoisotopic (exact) mass is 669 g/mol. The molecule has 46 heavy (non-hydrogen) atoms. The largest absolute Gasteiger partial charge is 0.439 e. The van der Waals surface area contributed by atoms with Gasteiger partial charge in [0.25, 0.3) is 0 Å². The van der Waals surface area contributed by atoms with Gasteiger partial charge >= 0.3 is 24.6 Å². The molecule has 2 amide bonds. The predicted molar refractivity (Wildman–Crippen MR) is 150 cm³/mol. The average Bonchev–Trinajstić information content (AvgIpc) is 3.24. The first-order valence-electron chi connectivity index (χ1n) is 14.7. The molecule has 15 heteroatoms. The Bertz CT molecular complexity index is 1320. The van der Waals surface area contributed by atoms with Gasteiger partial charge in [-0.1, -0.05) is 19.6 Å². The topological polar surface area (TPSA) is 53.1 Å². The number of nitrogens with zero attached hydrogens (tertiary/aromatic N) is 3. The molecule has 0 aromatic heterocycles. The van der Waals surface area contributed by atoms with E-state index in [0.29, 0.717) is 44.6 Å². The first kappa shape index (κ1) is 36.9. The zero-order valence-corrected chi connectivity index (χ0v) is 25.7. The number of ether oxygens (including phenoxy) is 1. The van der Waals surface area contributed by atoms with E-state index in [-0.39, 0.29) is 35.7 Å². The van der Waals surface area contributed by atoms with Crippen LogP contribution < -0.4 is 0 Å². The molecule has 3 unspecified atom stereocenters. The highest BCUT2D eigenvalue weighted by molar-refractivity contribution is 5.73. The highest BCUT2D eigenvalue weighted by atomic mass is 19.4. The number of alkyl halides is 9. The number of carbonyl (C=O) groups is 2. The smallest absolute Gasteiger partial charge is 0.416 e. The molecule has 2 fully saturated rings. The van der Waals surface area contributed by atoms with Crippen molar-refractivity contribution < 1.29 is 53.8 Å². The summed E-state index contributed by atoms with van der Waals surface area (Å²) >= 11 is 0. The number of hydrogen-bond donors (Lipinski definition) is 0. The van der Waals surface area contributed by atoms with Gasteiger partial charge in [0, 0.05) is 32.6 Å². The maximum atomic E-state index is 14.0. The summed E-state index contributed by atoms with van der Waals surface area (Å²) in [6.07, 6.45) is -16.1. The fourth-order valence-electron chi connectivity index (χ4n) is 5.87. The van der Waals surface area contributed by atoms with Gasteiger partial charge in [-0.25, -0.2) is 4.79 Å². The molecule has 2 heterocycles. The predicted octanol–water partition coefficient (Wildman–Crippen LogP) is 8.12. The molecule has 2 aliphatic rings. The van der Waals surface area contributed by atoms with Crippen molar-refractivity contribution in [3.63, 3.8) is 0 Å². The van der Waals surface area contributed by atoms with Crippen LogP contribution >= 0.6 is 0 Å². The molecule has 0 bridgehead atoms. The van der Waals surface area contributed by atoms with Crippen molar-refractivity contribution in [3.05, 3.63) is 64.5 Å². The van der Waals surface area contributed by atoms with Gasteiger partial charge in [-0.15, -0.1) is 5.73 Å². The molecule has 0 spiro atoms. The lowest BCUT2D eigenvalue weighted by molar-refractivity contribution is -0.161. The number of halogens is 9. The summed E-state index contributed by atoms with van der Waals surface area (Å²) in [5, 5.41) is 0. The fraction of sp³-hybridized carbons (Fsp3) is 0.581. The van der Waals surface area contributed by atoms with E-state index in [2.05, 4.69) is 12.3 Å². The van der Waals surface area contributed by atoms with Gasteiger partial charge in [-0.3, -0.25) is 9.69 Å². The number of cyclic esters (lactones) is 1. The van der Waals surface area contributed by atoms with E-state index in [1.54, 1.807) is 16.7 Å². The molecule has 0 N–H and O–H groups in total. The molecular formula is C31H36F9N3O3. The molecule has 1 aromatic rings. The minimum Gasteiger partial charge on any atom is -0.439 e. The maximum Gasteiger partial charge on any atom is 0.416 e. The van der Waals surface area contributed by atoms with Crippen LogP contribution in [0.3, 0.4) is 0 Å². The third kappa shape index (κ3) is 8.40. The maximum absolute atomic E-state index is 14.0. The number of rotatable bonds is 9. The second kappa shape index (κ2) is 14.0. The van der Waals surface area contributed by atoms with E-state index < -0.39 is 65.9 Å². The summed E-state index contributed by atoms with van der Waals surface area (Å²) in [6, 6.07) is -0.524. The van der Waals surface area contributed by atoms with Crippen LogP contribution in [0.1, 0.15) is 69.8 Å². The lowest BCUT2D eigenvalue weighted by Crippen LogP contribution is -2.46. The Hall–Kier alpha value is -3.61. The lowest BCUT2D eigenvalue weighted by atomic mass is 9.95. The third-order valence-corrected chi connectivity index (χ3v) is 8.38. The number of piperidine rings is 1. The summed E-state index contributed by atoms with van der Waals surface area (Å²) in [7, 11) is 0. The van der Waals surface area contributed by atoms with Crippen LogP contribution in [0.4, 0.5) is 44.3 Å². The molecule has 0 saturated carbocycles. The van der Waals surface area contributed by atoms with Crippen LogP contribution in [-0.4, -0.2) is 71.1 Å². The number of carbonyl (C=O) groups excluding carboxylic acids is 2. The van der Waals surface area contributed by atoms with Crippen LogP contribution in [0, 0.1) is 5.92 Å². The van der Waals surface area contributed by atoms with E-state index in [4.69, 9.17) is 4.74 Å². The van der Waals surface area contributed by atoms with E-state index >= 15 is 0 Å². The summed E-state index contributed by atoms with van der Waals surface area (Å²) in [5.74, 6) is -2.07. The van der Waals surface area contributed by atoms with Gasteiger partial charge < -0.3 is 14.5 Å². The Balaban J connectivity index is 2.04. The molecule has 0 aliphatic carbocycles. The third-order valence-electron chi connectivity index (χ3n) is 8.38. The normalized spacial score (nSPS) is 20.8. The Labute approximate surface area is 261 Å². The SMILES string of the molecule is C=C=C(/C(=C\C(CC)C(F)(F)F)CN1C(=O)OC(c2cc(C(F)(F)F)cc(C(F)(F)F)c2)C1C)N(CC)C1CCN(C(C)=O)CC1. The van der Waals surface area contributed by atoms with Crippen molar-refractivity contribution in [2.24, 2.45) is 5.92 Å². The van der Waals surface area contributed by atoms with E-state index in [0.717, 1.165) is 11.0 Å². The first-order chi connectivity index (χ1) is 21.2. The van der Waals surface area contributed by atoms with Gasteiger partial charge in [0.05, 0.1) is 35.3 Å². The van der Waals surface area contributed by atoms with Crippen molar-refractivity contribution in [3.8, 4) is 0 Å². The molecule has 3 rings (SSSR count). The van der Waals surface area contributed by atoms with Crippen LogP contribution in [-0.2, 0) is 21.9 Å². The van der Waals surface area contributed by atoms with Crippen molar-refractivity contribution in [2.75, 3.05) is 26.2 Å². The van der Waals surface area contributed by atoms with Crippen molar-refractivity contribution in [1.82, 2.24) is 14.7 Å². The van der Waals surface area contributed by atoms with Gasteiger partial charge in [0.2, 0.25) is 5.91 Å². The molecule has 1 aromatic carbocycles. The summed E-state index contributed by atoms with van der Waals surface area (Å²) in [6.45, 7) is 10.1. The van der Waals surface area contributed by atoms with Gasteiger partial charge in [-0.05, 0) is 62.4 Å². The minimum atomic E-state index is -5.14. The summed E-state index contributed by atoms with van der Waals surface area (Å²) < 4.78 is 128. The lowest BCUT2D eigenvalue weighted by Gasteiger charge is -2.40. The quantitative estimate of drug-likeness (QED) is 0.152. The number of amides is 2. The molecule has 6 nitrogen and oxygen atoms in total. The van der Waals surface area contributed by atoms with Crippen molar-refractivity contribution in [2.45, 2.75) is 83.7 Å². The highest BCUT2D eigenvalue weighted by Crippen LogP contribution is 2.42. The van der Waals surface area contributed by atoms with Crippen molar-refractivity contribution >= 4 is 12.0 Å². The number of benzene rings is 1. The number of hydrogen-bond acceptors (Lipinski definition) is 4. The van der Waals surface area contributed by atoms with Crippen LogP contribution in [0.5, 0.6) is 0 Å². The Morgan fingerprint density at radius 2 is 1.59 bits per heavy atom. The number of likely N-dealkylation sites (N-methyl/N-ethyl adjacent to an activating group) is 1. The van der Waals surface area contributed by atoms with E-state index in [1.165, 1.54) is 20.8 Å². The van der Waals surface area contributed by atoms with E-state index in [9.17, 15) is 49.1 Å². The van der Waals surface area contributed by atoms with Crippen LogP contribution in [0.2, 0.25) is 0 Å². The van der Waals surface area contributed by atoms with Crippen molar-refractivity contribution in [1.29, 1.82) is 0 Å². The molecule has 0 radical (unpaired) electrons. The molecule has 3 atom stereocenters. The second-order valence-corrected chi connectivity index (χ2v) is 11.3. The van der Waals surface area contributed by atoms with Gasteiger partial charge in [0.1, 0.15) is 6.10 Å². The Morgan fingerprint density at radius 1 is 1.04 bits per heavy atom. The van der Waals surface area contributed by atoms with Crippen LogP contribution in [0.25, 0.3) is 0 Å². The average molecular weight is 670 g/mol. The fourth-order valence-corrected chi connectivity index (χ4v) is 5.87. The van der Waals surface area contributed by atoms with Gasteiger partial charge in [0.15, 0.2) is 0 Å². The zero-order valence-electron chi connectivity index (χ0n) is 25.7. The Morgan fingerprint density at radius 3 is 2.00 bits per heavy atom. The first-order valence-corrected chi connectivity index (χ1v) is 14.7. The summed E-state index contributed by atoms with van der Waals surface area (Å²) in [4.78, 5) is 29.3. The van der Waals surface area contributed by atoms with E-state index in [1.807, 2.05) is 0 Å². The van der Waals surface area contributed by atoms with Gasteiger partial charge in [-0.2, -0.15) is 39.5 Å². The molecule has 2 saturated heterocycles. The molecule has 256 valence electrons. The molecular weight excluding hydrogens is 633 g/mol. The number of allylic oxidation sites excluding steroid dienone is 1. The standard InChI is InChI=1S/C31H36F9N3O3/c1-6-22(29(32,33)34)15-21(26(7-2)42(8-3)25-9-11-41(12-10-25)19(5)44)17-43-18(4)27(46-28(43)45)20-13-23(30(35,36)37)16-24(14-20)31(38,39)40/h13-16,18,22,25,27H,2,6,8-12,17H2,1,3-5H3/b21-15-. The number of likely N-dealkylation sites (tertiary alicyclic amines) is 1. The zero-order chi connectivity index (χ0) is 34.8. The second-order valence-electron chi connectivity index (χ2n) is 11.3. The highest BCUT2D eigenvalue weighted by Gasteiger charge is 2.45. The minimum absolute atomic E-state index is 0.0144. The van der Waals surface area contributed by atoms with Crippen LogP contribution in [0.15, 0.2) is 47.9 Å². The summed E-state index contributed by atoms with van der Waals surface area (Å²) in [5.41, 5.74) is -0.902. The molecule has 2 aliphatic heterocycles. The Kier molecular flexibility index (Phi) is 11.2.